The standard InChI is InChI=1S/C10H16F3N5O/c1-7-4-18(3-2-14-7)9-15-8(16-17-9)5-19-6-10(11,12)13/h7,14H,2-6H2,1H3,(H,15,16,17). The predicted molar refractivity (Wildman–Crippen MR) is 61.8 cm³/mol. The molecule has 0 saturated carbocycles. The van der Waals surface area contributed by atoms with Gasteiger partial charge >= 0.3 is 6.18 Å². The fourth-order valence-corrected chi connectivity index (χ4v) is 1.87. The molecule has 2 N–H and O–H groups in total. The van der Waals surface area contributed by atoms with Crippen LogP contribution in [0.5, 0.6) is 0 Å². The van der Waals surface area contributed by atoms with Crippen LogP contribution in [-0.4, -0.2) is 53.6 Å². The Morgan fingerprint density at radius 1 is 1.47 bits per heavy atom. The van der Waals surface area contributed by atoms with E-state index in [1.54, 1.807) is 0 Å². The van der Waals surface area contributed by atoms with Crippen LogP contribution in [0.4, 0.5) is 19.1 Å². The van der Waals surface area contributed by atoms with Crippen molar-refractivity contribution in [3.63, 3.8) is 0 Å². The molecule has 0 aromatic carbocycles. The minimum Gasteiger partial charge on any atom is -0.364 e. The van der Waals surface area contributed by atoms with E-state index in [1.807, 2.05) is 11.8 Å². The van der Waals surface area contributed by atoms with Crippen molar-refractivity contribution in [3.05, 3.63) is 5.82 Å². The van der Waals surface area contributed by atoms with Crippen molar-refractivity contribution in [2.24, 2.45) is 0 Å². The Balaban J connectivity index is 1.85. The number of H-pyrrole nitrogens is 1. The number of halogens is 3. The van der Waals surface area contributed by atoms with Gasteiger partial charge in [-0.3, -0.25) is 5.10 Å². The SMILES string of the molecule is CC1CN(c2n[nH]c(COCC(F)(F)F)n2)CCN1. The number of alkyl halides is 3. The van der Waals surface area contributed by atoms with Crippen LogP contribution in [0.15, 0.2) is 0 Å². The van der Waals surface area contributed by atoms with Crippen LogP contribution in [-0.2, 0) is 11.3 Å². The highest BCUT2D eigenvalue weighted by atomic mass is 19.4. The van der Waals surface area contributed by atoms with Gasteiger partial charge in [0.25, 0.3) is 0 Å². The summed E-state index contributed by atoms with van der Waals surface area (Å²) in [5.41, 5.74) is 0. The van der Waals surface area contributed by atoms with E-state index < -0.39 is 12.8 Å². The third-order valence-electron chi connectivity index (χ3n) is 2.68. The summed E-state index contributed by atoms with van der Waals surface area (Å²) >= 11 is 0. The van der Waals surface area contributed by atoms with Gasteiger partial charge in [0.1, 0.15) is 13.2 Å². The van der Waals surface area contributed by atoms with Gasteiger partial charge in [-0.15, -0.1) is 5.10 Å². The van der Waals surface area contributed by atoms with Crippen molar-refractivity contribution in [1.82, 2.24) is 20.5 Å². The molecule has 1 fully saturated rings. The predicted octanol–water partition coefficient (Wildman–Crippen LogP) is 0.682. The molecule has 0 amide bonds. The van der Waals surface area contributed by atoms with Crippen LogP contribution in [0.25, 0.3) is 0 Å². The molecule has 9 heteroatoms. The Morgan fingerprint density at radius 3 is 2.95 bits per heavy atom. The molecule has 0 spiro atoms. The maximum Gasteiger partial charge on any atom is 0.411 e. The number of nitrogens with zero attached hydrogens (tertiary/aromatic N) is 3. The van der Waals surface area contributed by atoms with E-state index in [-0.39, 0.29) is 6.61 Å². The Hall–Kier alpha value is -1.35. The second-order valence-electron chi connectivity index (χ2n) is 4.49. The van der Waals surface area contributed by atoms with E-state index >= 15 is 0 Å². The highest BCUT2D eigenvalue weighted by Crippen LogP contribution is 2.15. The topological polar surface area (TPSA) is 66.1 Å². The summed E-state index contributed by atoms with van der Waals surface area (Å²) in [5, 5.41) is 9.86. The van der Waals surface area contributed by atoms with Crippen LogP contribution in [0.2, 0.25) is 0 Å². The zero-order valence-electron chi connectivity index (χ0n) is 10.5. The molecule has 0 bridgehead atoms. The van der Waals surface area contributed by atoms with E-state index in [0.717, 1.165) is 19.6 Å². The van der Waals surface area contributed by atoms with Crippen LogP contribution >= 0.6 is 0 Å². The highest BCUT2D eigenvalue weighted by molar-refractivity contribution is 5.29. The van der Waals surface area contributed by atoms with Crippen molar-refractivity contribution in [2.45, 2.75) is 25.7 Å². The van der Waals surface area contributed by atoms with Crippen molar-refractivity contribution in [1.29, 1.82) is 0 Å². The Bertz CT molecular complexity index is 408. The summed E-state index contributed by atoms with van der Waals surface area (Å²) in [7, 11) is 0. The van der Waals surface area contributed by atoms with E-state index in [2.05, 4.69) is 25.2 Å². The average molecular weight is 279 g/mol. The van der Waals surface area contributed by atoms with Gasteiger partial charge in [-0.1, -0.05) is 0 Å². The lowest BCUT2D eigenvalue weighted by atomic mass is 10.2. The molecular formula is C10H16F3N5O. The number of nitrogens with one attached hydrogen (secondary N) is 2. The fraction of sp³-hybridized carbons (Fsp3) is 0.800. The zero-order chi connectivity index (χ0) is 13.9. The van der Waals surface area contributed by atoms with Gasteiger partial charge in [0, 0.05) is 25.7 Å². The van der Waals surface area contributed by atoms with Crippen LogP contribution < -0.4 is 10.2 Å². The van der Waals surface area contributed by atoms with Crippen molar-refractivity contribution in [3.8, 4) is 0 Å². The first-order valence-electron chi connectivity index (χ1n) is 5.98. The lowest BCUT2D eigenvalue weighted by molar-refractivity contribution is -0.177. The number of anilines is 1. The lowest BCUT2D eigenvalue weighted by Crippen LogP contribution is -2.49. The van der Waals surface area contributed by atoms with E-state index in [4.69, 9.17) is 0 Å². The molecule has 1 saturated heterocycles. The van der Waals surface area contributed by atoms with Gasteiger partial charge in [0.2, 0.25) is 5.95 Å². The Morgan fingerprint density at radius 2 is 2.26 bits per heavy atom. The van der Waals surface area contributed by atoms with Crippen molar-refractivity contribution in [2.75, 3.05) is 31.1 Å². The minimum absolute atomic E-state index is 0.228. The number of aromatic amines is 1. The normalized spacial score (nSPS) is 20.8. The van der Waals surface area contributed by atoms with Gasteiger partial charge in [-0.05, 0) is 6.92 Å². The first-order valence-corrected chi connectivity index (χ1v) is 5.98. The Kier molecular flexibility index (Phi) is 4.25. The Labute approximate surface area is 108 Å². The average Bonchev–Trinajstić information content (AvgIpc) is 2.76. The van der Waals surface area contributed by atoms with Crippen LogP contribution in [0, 0.1) is 0 Å². The molecule has 1 aromatic heterocycles. The summed E-state index contributed by atoms with van der Waals surface area (Å²) in [6.45, 7) is 2.90. The molecule has 2 rings (SSSR count). The molecule has 6 nitrogen and oxygen atoms in total. The van der Waals surface area contributed by atoms with Gasteiger partial charge in [0.05, 0.1) is 0 Å². The molecule has 1 unspecified atom stereocenters. The number of hydrogen-bond donors (Lipinski definition) is 2. The smallest absolute Gasteiger partial charge is 0.364 e. The number of rotatable bonds is 4. The molecule has 1 atom stereocenters. The van der Waals surface area contributed by atoms with Crippen molar-refractivity contribution < 1.29 is 17.9 Å². The molecule has 1 aliphatic rings. The largest absolute Gasteiger partial charge is 0.411 e. The van der Waals surface area contributed by atoms with Crippen LogP contribution in [0.3, 0.4) is 0 Å². The maximum atomic E-state index is 11.9. The third-order valence-corrected chi connectivity index (χ3v) is 2.68. The number of hydrogen-bond acceptors (Lipinski definition) is 5. The monoisotopic (exact) mass is 279 g/mol. The molecule has 2 heterocycles. The summed E-state index contributed by atoms with van der Waals surface area (Å²) in [4.78, 5) is 6.10. The van der Waals surface area contributed by atoms with Crippen LogP contribution in [0.1, 0.15) is 12.7 Å². The summed E-state index contributed by atoms with van der Waals surface area (Å²) < 4.78 is 40.2. The second-order valence-corrected chi connectivity index (χ2v) is 4.49. The first-order chi connectivity index (χ1) is 8.94. The van der Waals surface area contributed by atoms with Crippen molar-refractivity contribution >= 4 is 5.95 Å². The summed E-state index contributed by atoms with van der Waals surface area (Å²) in [6, 6.07) is 0.331. The molecule has 108 valence electrons. The molecule has 1 aromatic rings. The number of piperazine rings is 1. The zero-order valence-corrected chi connectivity index (χ0v) is 10.5. The quantitative estimate of drug-likeness (QED) is 0.848. The second kappa shape index (κ2) is 5.74. The minimum atomic E-state index is -4.32. The highest BCUT2D eigenvalue weighted by Gasteiger charge is 2.27. The van der Waals surface area contributed by atoms with Gasteiger partial charge < -0.3 is 15.0 Å². The summed E-state index contributed by atoms with van der Waals surface area (Å²) in [6.07, 6.45) is -4.32. The van der Waals surface area contributed by atoms with E-state index in [0.29, 0.717) is 17.8 Å². The summed E-state index contributed by atoms with van der Waals surface area (Å²) in [5.74, 6) is 0.796. The fourth-order valence-electron chi connectivity index (χ4n) is 1.87. The van der Waals surface area contributed by atoms with E-state index in [1.165, 1.54) is 0 Å². The number of ether oxygens (including phenoxy) is 1. The molecule has 0 radical (unpaired) electrons. The number of aromatic nitrogens is 3. The van der Waals surface area contributed by atoms with E-state index in [9.17, 15) is 13.2 Å². The molecule has 1 aliphatic heterocycles. The van der Waals surface area contributed by atoms with Gasteiger partial charge in [0.15, 0.2) is 5.82 Å². The van der Waals surface area contributed by atoms with Gasteiger partial charge in [-0.25, -0.2) is 0 Å². The molecular weight excluding hydrogens is 263 g/mol. The molecule has 19 heavy (non-hydrogen) atoms. The first kappa shape index (κ1) is 14.1. The molecule has 0 aliphatic carbocycles. The van der Waals surface area contributed by atoms with Gasteiger partial charge in [-0.2, -0.15) is 18.2 Å². The third kappa shape index (κ3) is 4.35. The maximum absolute atomic E-state index is 11.9. The lowest BCUT2D eigenvalue weighted by Gasteiger charge is -2.30.